The van der Waals surface area contributed by atoms with Gasteiger partial charge in [-0.2, -0.15) is 0 Å². The summed E-state index contributed by atoms with van der Waals surface area (Å²) in [5.74, 6) is -0.835. The van der Waals surface area contributed by atoms with Gasteiger partial charge in [-0.05, 0) is 6.07 Å². The van der Waals surface area contributed by atoms with Crippen LogP contribution >= 0.6 is 0 Å². The number of aliphatic carboxylic acids is 1. The molecule has 6 nitrogen and oxygen atoms in total. The standard InChI is InChI=1S/C14H19NO5/c1-18-13-10(11(7-15)14(16)17)3-2-4-12(13)20-9-5-6-19-8-9/h2-4,9,11H,5-8,15H2,1H3,(H,16,17). The molecule has 0 aromatic heterocycles. The summed E-state index contributed by atoms with van der Waals surface area (Å²) in [5.41, 5.74) is 6.07. The molecule has 6 heteroatoms. The zero-order valence-electron chi connectivity index (χ0n) is 11.4. The summed E-state index contributed by atoms with van der Waals surface area (Å²) < 4.78 is 16.4. The highest BCUT2D eigenvalue weighted by Crippen LogP contribution is 2.36. The van der Waals surface area contributed by atoms with E-state index in [1.807, 2.05) is 0 Å². The molecule has 2 rings (SSSR count). The fraction of sp³-hybridized carbons (Fsp3) is 0.500. The van der Waals surface area contributed by atoms with Crippen molar-refractivity contribution < 1.29 is 24.1 Å². The first-order valence-corrected chi connectivity index (χ1v) is 6.51. The average Bonchev–Trinajstić information content (AvgIpc) is 2.92. The van der Waals surface area contributed by atoms with Crippen molar-refractivity contribution in [3.05, 3.63) is 23.8 Å². The van der Waals surface area contributed by atoms with Crippen molar-refractivity contribution in [1.82, 2.24) is 0 Å². The molecule has 0 spiro atoms. The predicted molar refractivity (Wildman–Crippen MR) is 72.3 cm³/mol. The van der Waals surface area contributed by atoms with Crippen LogP contribution in [-0.4, -0.2) is 44.0 Å². The fourth-order valence-corrected chi connectivity index (χ4v) is 2.26. The van der Waals surface area contributed by atoms with Crippen LogP contribution in [0.2, 0.25) is 0 Å². The van der Waals surface area contributed by atoms with Gasteiger partial charge in [0.15, 0.2) is 11.5 Å². The Morgan fingerprint density at radius 1 is 1.60 bits per heavy atom. The zero-order valence-corrected chi connectivity index (χ0v) is 11.4. The van der Waals surface area contributed by atoms with Gasteiger partial charge in [0.25, 0.3) is 0 Å². The van der Waals surface area contributed by atoms with E-state index in [4.69, 9.17) is 19.9 Å². The number of ether oxygens (including phenoxy) is 3. The second-order valence-electron chi connectivity index (χ2n) is 4.61. The van der Waals surface area contributed by atoms with Crippen molar-refractivity contribution >= 4 is 5.97 Å². The smallest absolute Gasteiger partial charge is 0.312 e. The molecule has 1 heterocycles. The second-order valence-corrected chi connectivity index (χ2v) is 4.61. The number of carboxylic acid groups (broad SMARTS) is 1. The monoisotopic (exact) mass is 281 g/mol. The normalized spacial score (nSPS) is 19.6. The van der Waals surface area contributed by atoms with E-state index in [-0.39, 0.29) is 12.6 Å². The van der Waals surface area contributed by atoms with Gasteiger partial charge < -0.3 is 25.1 Å². The van der Waals surface area contributed by atoms with E-state index in [1.54, 1.807) is 18.2 Å². The lowest BCUT2D eigenvalue weighted by atomic mass is 9.98. The minimum atomic E-state index is -0.979. The van der Waals surface area contributed by atoms with Crippen LogP contribution in [0, 0.1) is 0 Å². The number of rotatable bonds is 6. The van der Waals surface area contributed by atoms with E-state index in [0.717, 1.165) is 6.42 Å². The largest absolute Gasteiger partial charge is 0.493 e. The number of methoxy groups -OCH3 is 1. The lowest BCUT2D eigenvalue weighted by molar-refractivity contribution is -0.138. The molecule has 3 N–H and O–H groups in total. The first kappa shape index (κ1) is 14.6. The van der Waals surface area contributed by atoms with E-state index in [2.05, 4.69) is 0 Å². The Kier molecular flexibility index (Phi) is 4.81. The van der Waals surface area contributed by atoms with Gasteiger partial charge in [0.1, 0.15) is 6.10 Å². The van der Waals surface area contributed by atoms with Gasteiger partial charge in [-0.3, -0.25) is 4.79 Å². The van der Waals surface area contributed by atoms with E-state index in [9.17, 15) is 9.90 Å². The topological polar surface area (TPSA) is 91.0 Å². The van der Waals surface area contributed by atoms with Crippen molar-refractivity contribution in [2.75, 3.05) is 26.9 Å². The van der Waals surface area contributed by atoms with E-state index >= 15 is 0 Å². The van der Waals surface area contributed by atoms with Gasteiger partial charge in [0, 0.05) is 18.5 Å². The number of para-hydroxylation sites is 1. The van der Waals surface area contributed by atoms with Gasteiger partial charge in [-0.25, -0.2) is 0 Å². The van der Waals surface area contributed by atoms with Crippen molar-refractivity contribution in [3.8, 4) is 11.5 Å². The summed E-state index contributed by atoms with van der Waals surface area (Å²) in [7, 11) is 1.49. The SMILES string of the molecule is COc1c(OC2CCOC2)cccc1C(CN)C(=O)O. The Bertz CT molecular complexity index is 471. The number of hydrogen-bond acceptors (Lipinski definition) is 5. The number of hydrogen-bond donors (Lipinski definition) is 2. The Balaban J connectivity index is 2.30. The van der Waals surface area contributed by atoms with Crippen LogP contribution in [0.1, 0.15) is 17.9 Å². The van der Waals surface area contributed by atoms with E-state index < -0.39 is 11.9 Å². The lowest BCUT2D eigenvalue weighted by Crippen LogP contribution is -2.22. The highest BCUT2D eigenvalue weighted by atomic mass is 16.6. The summed E-state index contributed by atoms with van der Waals surface area (Å²) in [4.78, 5) is 11.3. The quantitative estimate of drug-likeness (QED) is 0.808. The van der Waals surface area contributed by atoms with Gasteiger partial charge in [0.05, 0.1) is 26.2 Å². The lowest BCUT2D eigenvalue weighted by Gasteiger charge is -2.19. The van der Waals surface area contributed by atoms with Crippen LogP contribution in [-0.2, 0) is 9.53 Å². The maximum atomic E-state index is 11.3. The maximum absolute atomic E-state index is 11.3. The Labute approximate surface area is 117 Å². The molecule has 1 fully saturated rings. The fourth-order valence-electron chi connectivity index (χ4n) is 2.26. The van der Waals surface area contributed by atoms with Gasteiger partial charge in [0.2, 0.25) is 0 Å². The molecule has 1 aromatic carbocycles. The summed E-state index contributed by atoms with van der Waals surface area (Å²) in [6.45, 7) is 1.21. The van der Waals surface area contributed by atoms with Crippen LogP contribution in [0.5, 0.6) is 11.5 Å². The summed E-state index contributed by atoms with van der Waals surface area (Å²) in [5, 5.41) is 9.23. The molecule has 0 radical (unpaired) electrons. The highest BCUT2D eigenvalue weighted by Gasteiger charge is 2.26. The van der Waals surface area contributed by atoms with Crippen LogP contribution < -0.4 is 15.2 Å². The predicted octanol–water partition coefficient (Wildman–Crippen LogP) is 0.990. The van der Waals surface area contributed by atoms with Crippen molar-refractivity contribution in [3.63, 3.8) is 0 Å². The first-order valence-electron chi connectivity index (χ1n) is 6.51. The van der Waals surface area contributed by atoms with Crippen molar-refractivity contribution in [2.24, 2.45) is 5.73 Å². The first-order chi connectivity index (χ1) is 9.67. The molecule has 20 heavy (non-hydrogen) atoms. The molecule has 1 saturated heterocycles. The van der Waals surface area contributed by atoms with Crippen LogP contribution in [0.25, 0.3) is 0 Å². The van der Waals surface area contributed by atoms with Crippen molar-refractivity contribution in [2.45, 2.75) is 18.4 Å². The van der Waals surface area contributed by atoms with Gasteiger partial charge in [-0.1, -0.05) is 12.1 Å². The molecule has 0 bridgehead atoms. The second kappa shape index (κ2) is 6.58. The Morgan fingerprint density at radius 3 is 2.95 bits per heavy atom. The molecule has 2 unspecified atom stereocenters. The number of nitrogens with two attached hydrogens (primary N) is 1. The minimum Gasteiger partial charge on any atom is -0.493 e. The highest BCUT2D eigenvalue weighted by molar-refractivity contribution is 5.78. The molecular formula is C14H19NO5. The summed E-state index contributed by atoms with van der Waals surface area (Å²) >= 11 is 0. The summed E-state index contributed by atoms with van der Waals surface area (Å²) in [6.07, 6.45) is 0.785. The molecule has 2 atom stereocenters. The molecular weight excluding hydrogens is 262 g/mol. The minimum absolute atomic E-state index is 0.00167. The molecule has 1 aliphatic rings. The van der Waals surface area contributed by atoms with E-state index in [0.29, 0.717) is 30.3 Å². The third kappa shape index (κ3) is 3.02. The molecule has 0 amide bonds. The molecule has 0 saturated carbocycles. The molecule has 0 aliphatic carbocycles. The summed E-state index contributed by atoms with van der Waals surface area (Å²) in [6, 6.07) is 5.20. The third-order valence-electron chi connectivity index (χ3n) is 3.30. The van der Waals surface area contributed by atoms with Crippen LogP contribution in [0.3, 0.4) is 0 Å². The number of carbonyl (C=O) groups is 1. The van der Waals surface area contributed by atoms with Crippen molar-refractivity contribution in [1.29, 1.82) is 0 Å². The third-order valence-corrected chi connectivity index (χ3v) is 3.30. The Morgan fingerprint density at radius 2 is 2.40 bits per heavy atom. The maximum Gasteiger partial charge on any atom is 0.312 e. The molecule has 110 valence electrons. The van der Waals surface area contributed by atoms with Gasteiger partial charge in [-0.15, -0.1) is 0 Å². The zero-order chi connectivity index (χ0) is 14.5. The average molecular weight is 281 g/mol. The number of carboxylic acids is 1. The number of benzene rings is 1. The molecule has 1 aliphatic heterocycles. The molecule has 1 aromatic rings. The van der Waals surface area contributed by atoms with Crippen LogP contribution in [0.15, 0.2) is 18.2 Å². The van der Waals surface area contributed by atoms with Gasteiger partial charge >= 0.3 is 5.97 Å². The van der Waals surface area contributed by atoms with E-state index in [1.165, 1.54) is 7.11 Å². The Hall–Kier alpha value is -1.79. The van der Waals surface area contributed by atoms with Crippen LogP contribution in [0.4, 0.5) is 0 Å².